The van der Waals surface area contributed by atoms with Crippen LogP contribution < -0.4 is 10.0 Å². The fourth-order valence-electron chi connectivity index (χ4n) is 3.03. The van der Waals surface area contributed by atoms with Gasteiger partial charge in [-0.15, -0.1) is 0 Å². The number of aromatic nitrogens is 4. The predicted octanol–water partition coefficient (Wildman–Crippen LogP) is 3.24. The number of sulfonamides is 1. The molecule has 2 aromatic carbocycles. The van der Waals surface area contributed by atoms with Crippen molar-refractivity contribution in [1.82, 2.24) is 20.2 Å². The van der Waals surface area contributed by atoms with E-state index in [4.69, 9.17) is 0 Å². The molecule has 0 saturated heterocycles. The van der Waals surface area contributed by atoms with Crippen molar-refractivity contribution in [3.8, 4) is 17.0 Å². The SMILES string of the molecule is Cc1ccc(-c2cc(C(=O)Nc3ccc(S(=O)(=O)Nc4nccc(C)n4)cc3)[nH]n2)c(O)c1. The molecule has 0 aliphatic heterocycles. The van der Waals surface area contributed by atoms with E-state index in [0.717, 1.165) is 5.56 Å². The van der Waals surface area contributed by atoms with E-state index in [0.29, 0.717) is 22.6 Å². The minimum atomic E-state index is -3.89. The number of nitrogens with one attached hydrogen (secondary N) is 3. The number of nitrogens with zero attached hydrogens (tertiary/aromatic N) is 3. The number of H-pyrrole nitrogens is 1. The quantitative estimate of drug-likeness (QED) is 0.342. The minimum Gasteiger partial charge on any atom is -0.507 e. The number of aromatic amines is 1. The Morgan fingerprint density at radius 1 is 1.03 bits per heavy atom. The molecule has 11 heteroatoms. The highest BCUT2D eigenvalue weighted by Gasteiger charge is 2.17. The summed E-state index contributed by atoms with van der Waals surface area (Å²) in [7, 11) is -3.89. The summed E-state index contributed by atoms with van der Waals surface area (Å²) in [5.74, 6) is -0.431. The molecule has 0 atom stereocenters. The molecule has 1 amide bonds. The first-order valence-electron chi connectivity index (χ1n) is 9.80. The summed E-state index contributed by atoms with van der Waals surface area (Å²) < 4.78 is 27.4. The summed E-state index contributed by atoms with van der Waals surface area (Å²) in [5, 5.41) is 19.5. The second-order valence-electron chi connectivity index (χ2n) is 7.29. The molecule has 2 aromatic heterocycles. The van der Waals surface area contributed by atoms with Crippen molar-refractivity contribution in [2.75, 3.05) is 10.0 Å². The van der Waals surface area contributed by atoms with E-state index in [1.165, 1.54) is 36.5 Å². The Morgan fingerprint density at radius 3 is 2.48 bits per heavy atom. The van der Waals surface area contributed by atoms with Crippen LogP contribution in [0.2, 0.25) is 0 Å². The largest absolute Gasteiger partial charge is 0.507 e. The standard InChI is InChI=1S/C22H20N6O4S/c1-13-3-8-17(20(29)11-13)18-12-19(27-26-18)21(30)25-15-4-6-16(7-5-15)33(31,32)28-22-23-10-9-14(2)24-22/h3-12,29H,1-2H3,(H,25,30)(H,26,27)(H,23,24,28). The highest BCUT2D eigenvalue weighted by Crippen LogP contribution is 2.29. The number of aryl methyl sites for hydroxylation is 2. The third-order valence-corrected chi connectivity index (χ3v) is 6.04. The van der Waals surface area contributed by atoms with Crippen LogP contribution in [0.15, 0.2) is 65.7 Å². The van der Waals surface area contributed by atoms with Crippen LogP contribution >= 0.6 is 0 Å². The molecule has 0 aliphatic carbocycles. The lowest BCUT2D eigenvalue weighted by molar-refractivity contribution is 0.102. The summed E-state index contributed by atoms with van der Waals surface area (Å²) in [5.41, 5.74) is 3.01. The molecule has 4 aromatic rings. The fraction of sp³-hybridized carbons (Fsp3) is 0.0909. The topological polar surface area (TPSA) is 150 Å². The highest BCUT2D eigenvalue weighted by molar-refractivity contribution is 7.92. The third-order valence-electron chi connectivity index (χ3n) is 4.69. The predicted molar refractivity (Wildman–Crippen MR) is 122 cm³/mol. The molecule has 0 saturated carbocycles. The van der Waals surface area contributed by atoms with Gasteiger partial charge in [0.1, 0.15) is 11.4 Å². The molecule has 168 valence electrons. The molecule has 0 bridgehead atoms. The maximum Gasteiger partial charge on any atom is 0.273 e. The molecule has 0 fully saturated rings. The number of hydrogen-bond acceptors (Lipinski definition) is 7. The van der Waals surface area contributed by atoms with E-state index >= 15 is 0 Å². The molecule has 0 radical (unpaired) electrons. The van der Waals surface area contributed by atoms with Crippen LogP contribution in [0.4, 0.5) is 11.6 Å². The highest BCUT2D eigenvalue weighted by atomic mass is 32.2. The zero-order chi connectivity index (χ0) is 23.6. The van der Waals surface area contributed by atoms with Gasteiger partial charge in [-0.05, 0) is 67.9 Å². The number of benzene rings is 2. The summed E-state index contributed by atoms with van der Waals surface area (Å²) >= 11 is 0. The average molecular weight is 465 g/mol. The maximum atomic E-state index is 12.6. The van der Waals surface area contributed by atoms with Crippen LogP contribution in [-0.2, 0) is 10.0 Å². The van der Waals surface area contributed by atoms with Gasteiger partial charge in [0.15, 0.2) is 0 Å². The number of anilines is 2. The first kappa shape index (κ1) is 22.0. The van der Waals surface area contributed by atoms with E-state index in [-0.39, 0.29) is 22.3 Å². The van der Waals surface area contributed by atoms with Gasteiger partial charge in [0, 0.05) is 23.1 Å². The fourth-order valence-corrected chi connectivity index (χ4v) is 3.98. The zero-order valence-electron chi connectivity index (χ0n) is 17.7. The van der Waals surface area contributed by atoms with E-state index in [2.05, 4.69) is 30.2 Å². The Morgan fingerprint density at radius 2 is 1.79 bits per heavy atom. The first-order chi connectivity index (χ1) is 15.7. The van der Waals surface area contributed by atoms with Crippen LogP contribution in [0.3, 0.4) is 0 Å². The Bertz CT molecular complexity index is 1430. The Kier molecular flexibility index (Phi) is 5.80. The number of amides is 1. The number of hydrogen-bond donors (Lipinski definition) is 4. The van der Waals surface area contributed by atoms with E-state index in [1.807, 2.05) is 13.0 Å². The average Bonchev–Trinajstić information content (AvgIpc) is 3.24. The van der Waals surface area contributed by atoms with Gasteiger partial charge in [0.25, 0.3) is 15.9 Å². The van der Waals surface area contributed by atoms with Crippen LogP contribution in [0.25, 0.3) is 11.3 Å². The molecule has 2 heterocycles. The van der Waals surface area contributed by atoms with E-state index in [9.17, 15) is 18.3 Å². The smallest absolute Gasteiger partial charge is 0.273 e. The van der Waals surface area contributed by atoms with Crippen molar-refractivity contribution in [2.24, 2.45) is 0 Å². The van der Waals surface area contributed by atoms with Crippen molar-refractivity contribution >= 4 is 27.6 Å². The summed E-state index contributed by atoms with van der Waals surface area (Å²) in [6.45, 7) is 3.58. The second-order valence-corrected chi connectivity index (χ2v) is 8.98. The molecular formula is C22H20N6O4S. The summed E-state index contributed by atoms with van der Waals surface area (Å²) in [4.78, 5) is 20.5. The number of phenolic OH excluding ortho intramolecular Hbond substituents is 1. The Labute approximate surface area is 189 Å². The van der Waals surface area contributed by atoms with Gasteiger partial charge in [-0.25, -0.2) is 23.1 Å². The van der Waals surface area contributed by atoms with Gasteiger partial charge in [-0.2, -0.15) is 5.10 Å². The number of carbonyl (C=O) groups excluding carboxylic acids is 1. The van der Waals surface area contributed by atoms with E-state index < -0.39 is 15.9 Å². The van der Waals surface area contributed by atoms with Crippen LogP contribution in [0.5, 0.6) is 5.75 Å². The molecule has 0 spiro atoms. The number of aromatic hydroxyl groups is 1. The van der Waals surface area contributed by atoms with Gasteiger partial charge < -0.3 is 10.4 Å². The lowest BCUT2D eigenvalue weighted by Crippen LogP contribution is -2.16. The van der Waals surface area contributed by atoms with Gasteiger partial charge in [0.05, 0.1) is 10.6 Å². The number of phenols is 1. The van der Waals surface area contributed by atoms with Crippen LogP contribution in [0, 0.1) is 13.8 Å². The lowest BCUT2D eigenvalue weighted by Gasteiger charge is -2.08. The van der Waals surface area contributed by atoms with Gasteiger partial charge in [-0.3, -0.25) is 9.89 Å². The van der Waals surface area contributed by atoms with Gasteiger partial charge in [-0.1, -0.05) is 6.07 Å². The van der Waals surface area contributed by atoms with Crippen molar-refractivity contribution in [3.63, 3.8) is 0 Å². The van der Waals surface area contributed by atoms with Crippen molar-refractivity contribution in [2.45, 2.75) is 18.7 Å². The van der Waals surface area contributed by atoms with E-state index in [1.54, 1.807) is 25.1 Å². The van der Waals surface area contributed by atoms with Crippen molar-refractivity contribution < 1.29 is 18.3 Å². The molecule has 10 nitrogen and oxygen atoms in total. The van der Waals surface area contributed by atoms with Crippen molar-refractivity contribution in [3.05, 3.63) is 77.7 Å². The minimum absolute atomic E-state index is 0.00993. The molecule has 0 unspecified atom stereocenters. The summed E-state index contributed by atoms with van der Waals surface area (Å²) in [6, 6.07) is 14.0. The normalized spacial score (nSPS) is 11.2. The second kappa shape index (κ2) is 8.71. The zero-order valence-corrected chi connectivity index (χ0v) is 18.5. The number of rotatable bonds is 6. The molecule has 33 heavy (non-hydrogen) atoms. The third kappa shape index (κ3) is 4.99. The monoisotopic (exact) mass is 464 g/mol. The van der Waals surface area contributed by atoms with Gasteiger partial charge >= 0.3 is 0 Å². The maximum absolute atomic E-state index is 12.6. The molecule has 4 rings (SSSR count). The van der Waals surface area contributed by atoms with Crippen molar-refractivity contribution in [1.29, 1.82) is 0 Å². The molecule has 4 N–H and O–H groups in total. The number of carbonyl (C=O) groups is 1. The Balaban J connectivity index is 1.46. The lowest BCUT2D eigenvalue weighted by atomic mass is 10.1. The Hall–Kier alpha value is -4.25. The molecule has 0 aliphatic rings. The first-order valence-corrected chi connectivity index (χ1v) is 11.3. The summed E-state index contributed by atoms with van der Waals surface area (Å²) in [6.07, 6.45) is 1.46. The van der Waals surface area contributed by atoms with Crippen LogP contribution in [0.1, 0.15) is 21.7 Å². The van der Waals surface area contributed by atoms with Gasteiger partial charge in [0.2, 0.25) is 5.95 Å². The molecular weight excluding hydrogens is 444 g/mol. The van der Waals surface area contributed by atoms with Crippen LogP contribution in [-0.4, -0.2) is 39.6 Å².